The maximum absolute atomic E-state index is 13.3. The van der Waals surface area contributed by atoms with Crippen LogP contribution >= 0.6 is 0 Å². The fourth-order valence-corrected chi connectivity index (χ4v) is 4.12. The first kappa shape index (κ1) is 20.1. The Morgan fingerprint density at radius 1 is 1.12 bits per heavy atom. The van der Waals surface area contributed by atoms with Gasteiger partial charge in [-0.1, -0.05) is 18.2 Å². The second-order valence-corrected chi connectivity index (χ2v) is 8.28. The first-order valence-corrected chi connectivity index (χ1v) is 10.8. The van der Waals surface area contributed by atoms with Gasteiger partial charge in [-0.15, -0.1) is 10.2 Å². The summed E-state index contributed by atoms with van der Waals surface area (Å²) in [5.41, 5.74) is 5.41. The molecule has 0 bridgehead atoms. The lowest BCUT2D eigenvalue weighted by molar-refractivity contribution is 0.0996. The van der Waals surface area contributed by atoms with Crippen molar-refractivity contribution in [2.24, 2.45) is 0 Å². The van der Waals surface area contributed by atoms with Gasteiger partial charge in [0.1, 0.15) is 17.8 Å². The zero-order chi connectivity index (χ0) is 22.4. The van der Waals surface area contributed by atoms with Crippen LogP contribution < -0.4 is 4.90 Å². The number of pyridine rings is 1. The molecule has 0 saturated carbocycles. The smallest absolute Gasteiger partial charge is 0.260 e. The molecule has 0 unspecified atom stereocenters. The average molecular weight is 428 g/mol. The van der Waals surface area contributed by atoms with Gasteiger partial charge in [0.15, 0.2) is 5.82 Å². The van der Waals surface area contributed by atoms with Crippen LogP contribution in [-0.4, -0.2) is 35.4 Å². The lowest BCUT2D eigenvalue weighted by atomic mass is 10.0. The van der Waals surface area contributed by atoms with Crippen molar-refractivity contribution in [1.29, 1.82) is 0 Å². The van der Waals surface area contributed by atoms with Crippen LogP contribution in [-0.2, 0) is 13.1 Å². The summed E-state index contributed by atoms with van der Waals surface area (Å²) in [4.78, 5) is 19.8. The summed E-state index contributed by atoms with van der Waals surface area (Å²) < 4.78 is 3.88. The van der Waals surface area contributed by atoms with E-state index in [1.807, 2.05) is 52.7 Å². The molecule has 0 fully saturated rings. The van der Waals surface area contributed by atoms with Gasteiger partial charge < -0.3 is 4.57 Å². The van der Waals surface area contributed by atoms with Crippen molar-refractivity contribution in [3.8, 4) is 22.6 Å². The van der Waals surface area contributed by atoms with Crippen molar-refractivity contribution >= 4 is 11.7 Å². The fraction of sp³-hybridized carbons (Fsp3) is 0.292. The van der Waals surface area contributed by atoms with E-state index >= 15 is 0 Å². The largest absolute Gasteiger partial charge is 0.310 e. The SMILES string of the molecule is CCn1cc(-c2ccc3c(c2)C(=O)N(c2cccc(-c4nncn4C(C)C)n2)C3)c(C)n1. The van der Waals surface area contributed by atoms with Crippen molar-refractivity contribution in [2.75, 3.05) is 4.90 Å². The third-order valence-electron chi connectivity index (χ3n) is 5.86. The predicted octanol–water partition coefficient (Wildman–Crippen LogP) is 4.27. The van der Waals surface area contributed by atoms with Crippen LogP contribution in [0.15, 0.2) is 48.9 Å². The summed E-state index contributed by atoms with van der Waals surface area (Å²) in [6.07, 6.45) is 3.74. The van der Waals surface area contributed by atoms with Gasteiger partial charge in [-0.25, -0.2) is 4.98 Å². The van der Waals surface area contributed by atoms with Gasteiger partial charge in [-0.05, 0) is 57.0 Å². The zero-order valence-electron chi connectivity index (χ0n) is 18.6. The lowest BCUT2D eigenvalue weighted by Crippen LogP contribution is -2.24. The number of hydrogen-bond donors (Lipinski definition) is 0. The quantitative estimate of drug-likeness (QED) is 0.475. The molecule has 1 aromatic carbocycles. The van der Waals surface area contributed by atoms with Crippen LogP contribution in [0.2, 0.25) is 0 Å². The molecule has 0 atom stereocenters. The molecular weight excluding hydrogens is 402 g/mol. The van der Waals surface area contributed by atoms with Crippen LogP contribution in [0.3, 0.4) is 0 Å². The van der Waals surface area contributed by atoms with Gasteiger partial charge in [-0.3, -0.25) is 14.4 Å². The molecule has 0 spiro atoms. The molecule has 0 N–H and O–H groups in total. The molecule has 162 valence electrons. The highest BCUT2D eigenvalue weighted by atomic mass is 16.2. The van der Waals surface area contributed by atoms with E-state index in [2.05, 4.69) is 42.1 Å². The predicted molar refractivity (Wildman–Crippen MR) is 122 cm³/mol. The third-order valence-corrected chi connectivity index (χ3v) is 5.86. The van der Waals surface area contributed by atoms with Crippen LogP contribution in [0.25, 0.3) is 22.6 Å². The van der Waals surface area contributed by atoms with Gasteiger partial charge in [0.25, 0.3) is 5.91 Å². The van der Waals surface area contributed by atoms with E-state index in [1.54, 1.807) is 11.2 Å². The molecule has 1 aliphatic rings. The summed E-state index contributed by atoms with van der Waals surface area (Å²) in [5.74, 6) is 1.26. The molecule has 3 aromatic heterocycles. The van der Waals surface area contributed by atoms with Crippen molar-refractivity contribution < 1.29 is 4.79 Å². The maximum Gasteiger partial charge on any atom is 0.260 e. The summed E-state index contributed by atoms with van der Waals surface area (Å²) >= 11 is 0. The van der Waals surface area contributed by atoms with Crippen LogP contribution in [0, 0.1) is 6.92 Å². The highest BCUT2D eigenvalue weighted by Crippen LogP contribution is 2.32. The van der Waals surface area contributed by atoms with Gasteiger partial charge in [0.2, 0.25) is 0 Å². The Kier molecular flexibility index (Phi) is 4.84. The van der Waals surface area contributed by atoms with E-state index in [0.717, 1.165) is 28.9 Å². The maximum atomic E-state index is 13.3. The Labute approximate surface area is 186 Å². The number of aromatic nitrogens is 6. The topological polar surface area (TPSA) is 81.7 Å². The summed E-state index contributed by atoms with van der Waals surface area (Å²) in [7, 11) is 0. The van der Waals surface area contributed by atoms with Crippen molar-refractivity contribution in [3.05, 3.63) is 65.7 Å². The second-order valence-electron chi connectivity index (χ2n) is 8.28. The monoisotopic (exact) mass is 427 g/mol. The van der Waals surface area contributed by atoms with E-state index in [1.165, 1.54) is 0 Å². The number of rotatable bonds is 5. The highest BCUT2D eigenvalue weighted by Gasteiger charge is 2.30. The third kappa shape index (κ3) is 3.28. The summed E-state index contributed by atoms with van der Waals surface area (Å²) in [6, 6.07) is 11.9. The van der Waals surface area contributed by atoms with E-state index in [9.17, 15) is 4.79 Å². The minimum absolute atomic E-state index is 0.0441. The Morgan fingerprint density at radius 3 is 2.72 bits per heavy atom. The van der Waals surface area contributed by atoms with Gasteiger partial charge in [-0.2, -0.15) is 5.10 Å². The van der Waals surface area contributed by atoms with Crippen molar-refractivity contribution in [2.45, 2.75) is 46.8 Å². The number of carbonyl (C=O) groups excluding carboxylic acids is 1. The van der Waals surface area contributed by atoms with Gasteiger partial charge in [0.05, 0.1) is 12.2 Å². The molecule has 4 heterocycles. The molecule has 0 saturated heterocycles. The first-order valence-electron chi connectivity index (χ1n) is 10.8. The molecule has 8 nitrogen and oxygen atoms in total. The number of hydrogen-bond acceptors (Lipinski definition) is 5. The molecule has 1 amide bonds. The molecule has 8 heteroatoms. The van der Waals surface area contributed by atoms with Crippen molar-refractivity contribution in [3.63, 3.8) is 0 Å². The number of carbonyl (C=O) groups is 1. The summed E-state index contributed by atoms with van der Waals surface area (Å²) in [5, 5.41) is 12.8. The van der Waals surface area contributed by atoms with E-state index in [4.69, 9.17) is 4.98 Å². The van der Waals surface area contributed by atoms with Crippen LogP contribution in [0.4, 0.5) is 5.82 Å². The van der Waals surface area contributed by atoms with E-state index in [-0.39, 0.29) is 11.9 Å². The molecule has 1 aliphatic heterocycles. The molecule has 0 radical (unpaired) electrons. The number of fused-ring (bicyclic) bond motifs is 1. The van der Waals surface area contributed by atoms with Gasteiger partial charge in [0, 0.05) is 29.9 Å². The fourth-order valence-electron chi connectivity index (χ4n) is 4.12. The lowest BCUT2D eigenvalue weighted by Gasteiger charge is -2.16. The molecule has 5 rings (SSSR count). The molecule has 0 aliphatic carbocycles. The Balaban J connectivity index is 1.48. The highest BCUT2D eigenvalue weighted by molar-refractivity contribution is 6.10. The molecular formula is C24H25N7O. The van der Waals surface area contributed by atoms with Crippen molar-refractivity contribution in [1.82, 2.24) is 29.5 Å². The number of amides is 1. The number of aryl methyl sites for hydroxylation is 2. The van der Waals surface area contributed by atoms with E-state index < -0.39 is 0 Å². The zero-order valence-corrected chi connectivity index (χ0v) is 18.6. The first-order chi connectivity index (χ1) is 15.5. The number of nitrogens with zero attached hydrogens (tertiary/aromatic N) is 7. The minimum Gasteiger partial charge on any atom is -0.310 e. The summed E-state index contributed by atoms with van der Waals surface area (Å²) in [6.45, 7) is 9.50. The second kappa shape index (κ2) is 7.71. The Morgan fingerprint density at radius 2 is 1.97 bits per heavy atom. The van der Waals surface area contributed by atoms with Crippen LogP contribution in [0.1, 0.15) is 48.4 Å². The Bertz CT molecular complexity index is 1320. The normalized spacial score (nSPS) is 13.3. The van der Waals surface area contributed by atoms with Gasteiger partial charge >= 0.3 is 0 Å². The molecule has 32 heavy (non-hydrogen) atoms. The number of anilines is 1. The standard InChI is InChI=1S/C24H25N7O/c1-5-29-13-20(16(4)28-29)17-9-10-18-12-30(24(32)19(18)11-17)22-8-6-7-21(26-22)23-27-25-14-31(23)15(2)3/h6-11,13-15H,5,12H2,1-4H3. The molecule has 4 aromatic rings. The van der Waals surface area contributed by atoms with E-state index in [0.29, 0.717) is 29.4 Å². The average Bonchev–Trinajstić information content (AvgIpc) is 3.51. The van der Waals surface area contributed by atoms with Crippen LogP contribution in [0.5, 0.6) is 0 Å². The minimum atomic E-state index is -0.0441. The number of benzene rings is 1. The Hall–Kier alpha value is -3.81.